The summed E-state index contributed by atoms with van der Waals surface area (Å²) in [7, 11) is 0. The molecule has 3 heteroatoms. The molecule has 0 radical (unpaired) electrons. The third-order valence-corrected chi connectivity index (χ3v) is 4.48. The fraction of sp³-hybridized carbons (Fsp3) is 0.167. The number of hydrogen-bond donors (Lipinski definition) is 1. The van der Waals surface area contributed by atoms with Crippen LogP contribution in [-0.2, 0) is 0 Å². The Morgan fingerprint density at radius 2 is 2.33 bits per heavy atom. The van der Waals surface area contributed by atoms with Gasteiger partial charge in [0.15, 0.2) is 0 Å². The first-order valence-electron chi connectivity index (χ1n) is 2.63. The molecule has 9 heavy (non-hydrogen) atoms. The van der Waals surface area contributed by atoms with E-state index in [1.54, 1.807) is 0 Å². The van der Waals surface area contributed by atoms with Gasteiger partial charge in [0.1, 0.15) is 0 Å². The number of hydrogen-bond acceptors (Lipinski definition) is 1. The van der Waals surface area contributed by atoms with E-state index < -0.39 is 19.4 Å². The summed E-state index contributed by atoms with van der Waals surface area (Å²) in [5.41, 5.74) is 0. The van der Waals surface area contributed by atoms with Gasteiger partial charge in [-0.05, 0) is 0 Å². The van der Waals surface area contributed by atoms with E-state index in [1.165, 1.54) is 0 Å². The van der Waals surface area contributed by atoms with Gasteiger partial charge in [-0.2, -0.15) is 0 Å². The van der Waals surface area contributed by atoms with Crippen LogP contribution in [0.3, 0.4) is 0 Å². The van der Waals surface area contributed by atoms with Crippen LogP contribution in [0.15, 0.2) is 23.1 Å². The molecule has 0 saturated carbocycles. The summed E-state index contributed by atoms with van der Waals surface area (Å²) in [6.07, 6.45) is 5.65. The summed E-state index contributed by atoms with van der Waals surface area (Å²) in [5, 5.41) is 9.29. The minimum atomic E-state index is -1.61. The summed E-state index contributed by atoms with van der Waals surface area (Å²) >= 11 is -1.61. The van der Waals surface area contributed by atoms with Crippen LogP contribution in [0.25, 0.3) is 0 Å². The standard InChI is InChI=1S/C6H7AsO2/c8-6(9)7-4-2-1-3-5-7/h1-4H,5H2,(H,8,9). The SMILES string of the molecule is O=C(O)[As]1C=CC=CC1. The van der Waals surface area contributed by atoms with Crippen molar-refractivity contribution in [2.24, 2.45) is 0 Å². The second-order valence-electron chi connectivity index (χ2n) is 1.70. The topological polar surface area (TPSA) is 37.3 Å². The van der Waals surface area contributed by atoms with Crippen molar-refractivity contribution in [3.63, 3.8) is 0 Å². The van der Waals surface area contributed by atoms with Crippen molar-refractivity contribution in [3.05, 3.63) is 23.1 Å². The first-order chi connectivity index (χ1) is 4.30. The van der Waals surface area contributed by atoms with Crippen LogP contribution in [0.1, 0.15) is 0 Å². The Morgan fingerprint density at radius 1 is 1.56 bits per heavy atom. The van der Waals surface area contributed by atoms with Gasteiger partial charge in [-0.1, -0.05) is 0 Å². The third kappa shape index (κ3) is 1.72. The van der Waals surface area contributed by atoms with Crippen LogP contribution in [0.4, 0.5) is 4.79 Å². The number of carboxylic acid groups (broad SMARTS) is 1. The van der Waals surface area contributed by atoms with Crippen LogP contribution >= 0.6 is 0 Å². The van der Waals surface area contributed by atoms with Crippen molar-refractivity contribution >= 4 is 19.4 Å². The molecule has 0 aliphatic carbocycles. The molecule has 1 N–H and O–H groups in total. The predicted octanol–water partition coefficient (Wildman–Crippen LogP) is 1.41. The van der Waals surface area contributed by atoms with Crippen molar-refractivity contribution < 1.29 is 9.90 Å². The fourth-order valence-corrected chi connectivity index (χ4v) is 2.84. The van der Waals surface area contributed by atoms with Crippen LogP contribution in [0.2, 0.25) is 5.21 Å². The molecule has 1 rings (SSSR count). The maximum atomic E-state index is 10.3. The van der Waals surface area contributed by atoms with Crippen LogP contribution in [-0.4, -0.2) is 24.5 Å². The van der Waals surface area contributed by atoms with Gasteiger partial charge in [0, 0.05) is 0 Å². The van der Waals surface area contributed by atoms with Gasteiger partial charge >= 0.3 is 57.6 Å². The van der Waals surface area contributed by atoms with E-state index in [-0.39, 0.29) is 0 Å². The van der Waals surface area contributed by atoms with Gasteiger partial charge in [-0.15, -0.1) is 0 Å². The second kappa shape index (κ2) is 2.88. The third-order valence-electron chi connectivity index (χ3n) is 1.06. The monoisotopic (exact) mass is 186 g/mol. The van der Waals surface area contributed by atoms with Crippen molar-refractivity contribution in [3.8, 4) is 0 Å². The fourth-order valence-electron chi connectivity index (χ4n) is 0.609. The molecule has 1 aliphatic rings. The number of rotatable bonds is 1. The van der Waals surface area contributed by atoms with Crippen molar-refractivity contribution in [2.75, 3.05) is 0 Å². The van der Waals surface area contributed by atoms with E-state index in [0.717, 1.165) is 5.21 Å². The molecule has 0 fully saturated rings. The summed E-state index contributed by atoms with van der Waals surface area (Å²) in [6.45, 7) is 0. The van der Waals surface area contributed by atoms with E-state index in [4.69, 9.17) is 5.11 Å². The summed E-state index contributed by atoms with van der Waals surface area (Å²) in [6, 6.07) is 0. The molecule has 48 valence electrons. The Balaban J connectivity index is 2.56. The zero-order valence-electron chi connectivity index (χ0n) is 4.82. The molecule has 0 bridgehead atoms. The van der Waals surface area contributed by atoms with Crippen LogP contribution < -0.4 is 0 Å². The Kier molecular flexibility index (Phi) is 2.12. The molecule has 0 aromatic rings. The Bertz CT molecular complexity index is 172. The molecular weight excluding hydrogens is 179 g/mol. The molecule has 0 aromatic carbocycles. The summed E-state index contributed by atoms with van der Waals surface area (Å²) in [5.74, 6) is 0. The van der Waals surface area contributed by atoms with E-state index >= 15 is 0 Å². The molecule has 1 unspecified atom stereocenters. The van der Waals surface area contributed by atoms with Crippen LogP contribution in [0.5, 0.6) is 0 Å². The Labute approximate surface area is 58.1 Å². The predicted molar refractivity (Wildman–Crippen MR) is 36.9 cm³/mol. The normalized spacial score (nSPS) is 24.2. The molecule has 0 aromatic heterocycles. The van der Waals surface area contributed by atoms with E-state index in [1.807, 2.05) is 23.1 Å². The molecule has 0 amide bonds. The second-order valence-corrected chi connectivity index (χ2v) is 5.87. The van der Waals surface area contributed by atoms with Gasteiger partial charge < -0.3 is 0 Å². The first-order valence-corrected chi connectivity index (χ1v) is 5.98. The maximum absolute atomic E-state index is 10.3. The zero-order chi connectivity index (χ0) is 6.69. The Hall–Kier alpha value is -0.492. The molecule has 0 saturated heterocycles. The molecular formula is C6H7AsO2. The van der Waals surface area contributed by atoms with E-state index in [2.05, 4.69) is 0 Å². The van der Waals surface area contributed by atoms with Crippen molar-refractivity contribution in [1.82, 2.24) is 0 Å². The van der Waals surface area contributed by atoms with Crippen LogP contribution in [0, 0.1) is 0 Å². The summed E-state index contributed by atoms with van der Waals surface area (Å²) in [4.78, 5) is 12.2. The molecule has 1 heterocycles. The number of carbonyl (C=O) groups is 1. The molecule has 1 atom stereocenters. The van der Waals surface area contributed by atoms with Crippen molar-refractivity contribution in [2.45, 2.75) is 5.21 Å². The average molecular weight is 186 g/mol. The minimum absolute atomic E-state index is 0.594. The zero-order valence-corrected chi connectivity index (χ0v) is 6.70. The van der Waals surface area contributed by atoms with Gasteiger partial charge in [0.2, 0.25) is 0 Å². The average Bonchev–Trinajstić information content (AvgIpc) is 1.90. The van der Waals surface area contributed by atoms with Gasteiger partial charge in [0.05, 0.1) is 0 Å². The van der Waals surface area contributed by atoms with Crippen molar-refractivity contribution in [1.29, 1.82) is 0 Å². The summed E-state index contributed by atoms with van der Waals surface area (Å²) < 4.78 is -0.594. The van der Waals surface area contributed by atoms with Gasteiger partial charge in [0.25, 0.3) is 0 Å². The van der Waals surface area contributed by atoms with E-state index in [9.17, 15) is 4.79 Å². The van der Waals surface area contributed by atoms with Gasteiger partial charge in [-0.3, -0.25) is 0 Å². The van der Waals surface area contributed by atoms with E-state index in [0.29, 0.717) is 0 Å². The molecule has 0 spiro atoms. The quantitative estimate of drug-likeness (QED) is 0.628. The molecule has 2 nitrogen and oxygen atoms in total. The number of allylic oxidation sites excluding steroid dienone is 3. The van der Waals surface area contributed by atoms with Gasteiger partial charge in [-0.25, -0.2) is 0 Å². The molecule has 1 aliphatic heterocycles. The Morgan fingerprint density at radius 3 is 2.67 bits per heavy atom. The first kappa shape index (κ1) is 6.63.